The van der Waals surface area contributed by atoms with Crippen LogP contribution in [0.4, 0.5) is 26.7 Å². The molecule has 0 radical (unpaired) electrons. The number of fused-ring (bicyclic) bond motifs is 3. The molecule has 8 nitrogen and oxygen atoms in total. The second-order valence-corrected chi connectivity index (χ2v) is 9.36. The zero-order valence-corrected chi connectivity index (χ0v) is 20.3. The van der Waals surface area contributed by atoms with E-state index >= 15 is 0 Å². The highest BCUT2D eigenvalue weighted by atomic mass is 19.4. The molecule has 0 aromatic carbocycles. The van der Waals surface area contributed by atoms with E-state index in [0.717, 1.165) is 10.6 Å². The zero-order valence-electron chi connectivity index (χ0n) is 20.3. The fraction of sp³-hybridized carbons (Fsp3) is 0.417. The number of pyridine rings is 2. The van der Waals surface area contributed by atoms with Crippen LogP contribution in [0.25, 0.3) is 22.3 Å². The highest BCUT2D eigenvalue weighted by Crippen LogP contribution is 2.44. The third kappa shape index (κ3) is 4.94. The van der Waals surface area contributed by atoms with Gasteiger partial charge in [-0.3, -0.25) is 4.40 Å². The summed E-state index contributed by atoms with van der Waals surface area (Å²) in [5, 5.41) is 0.222. The molecule has 13 heteroatoms. The van der Waals surface area contributed by atoms with Gasteiger partial charge in [-0.15, -0.1) is 0 Å². The van der Waals surface area contributed by atoms with Crippen LogP contribution in [0, 0.1) is 0 Å². The minimum Gasteiger partial charge on any atom is -0.461 e. The molecular weight excluding hydrogens is 503 g/mol. The topological polar surface area (TPSA) is 86.0 Å². The summed E-state index contributed by atoms with van der Waals surface area (Å²) in [5.74, 6) is -6.06. The summed E-state index contributed by atoms with van der Waals surface area (Å²) in [5.41, 5.74) is -2.29. The van der Waals surface area contributed by atoms with Crippen molar-refractivity contribution in [3.8, 4) is 0 Å². The molecule has 37 heavy (non-hydrogen) atoms. The van der Waals surface area contributed by atoms with Gasteiger partial charge in [-0.25, -0.2) is 19.6 Å². The van der Waals surface area contributed by atoms with Gasteiger partial charge in [0.1, 0.15) is 22.6 Å². The molecule has 3 aromatic heterocycles. The third-order valence-electron chi connectivity index (χ3n) is 5.48. The Hall–Kier alpha value is -3.77. The van der Waals surface area contributed by atoms with Gasteiger partial charge in [-0.2, -0.15) is 22.0 Å². The Morgan fingerprint density at radius 2 is 1.78 bits per heavy atom. The van der Waals surface area contributed by atoms with E-state index in [-0.39, 0.29) is 47.6 Å². The Balaban J connectivity index is 1.87. The first-order chi connectivity index (χ1) is 17.1. The van der Waals surface area contributed by atoms with Crippen molar-refractivity contribution in [3.05, 3.63) is 47.4 Å². The van der Waals surface area contributed by atoms with Gasteiger partial charge in [0.15, 0.2) is 5.69 Å². The summed E-state index contributed by atoms with van der Waals surface area (Å²) in [6.45, 7) is 6.66. The van der Waals surface area contributed by atoms with E-state index in [0.29, 0.717) is 11.6 Å². The van der Waals surface area contributed by atoms with Crippen molar-refractivity contribution < 1.29 is 41.0 Å². The average molecular weight is 526 g/mol. The predicted octanol–water partition coefficient (Wildman–Crippen LogP) is 5.35. The van der Waals surface area contributed by atoms with Gasteiger partial charge in [-0.1, -0.05) is 6.08 Å². The summed E-state index contributed by atoms with van der Waals surface area (Å²) < 4.78 is 80.3. The first-order valence-corrected chi connectivity index (χ1v) is 11.2. The maximum atomic E-state index is 14.5. The number of hydrogen-bond acceptors (Lipinski definition) is 6. The fourth-order valence-electron chi connectivity index (χ4n) is 3.82. The molecule has 0 fully saturated rings. The lowest BCUT2D eigenvalue weighted by Gasteiger charge is -2.24. The molecule has 0 atom stereocenters. The number of nitrogens with zero attached hydrogens (tertiary/aromatic N) is 4. The summed E-state index contributed by atoms with van der Waals surface area (Å²) in [7, 11) is 0. The fourth-order valence-corrected chi connectivity index (χ4v) is 3.82. The van der Waals surface area contributed by atoms with Crippen molar-refractivity contribution in [2.45, 2.75) is 45.4 Å². The second-order valence-electron chi connectivity index (χ2n) is 9.36. The number of carbonyl (C=O) groups excluding carboxylic acids is 2. The molecule has 0 unspecified atom stereocenters. The highest BCUT2D eigenvalue weighted by molar-refractivity contribution is 5.94. The van der Waals surface area contributed by atoms with Gasteiger partial charge in [0.05, 0.1) is 6.61 Å². The SMILES string of the molecule is CCOC(=O)c1cn2c(ccc3c(C4=CCN(C(=O)OC(C)(C)C)C4)cc(C(F)(F)C(F)(F)F)nc32)n1. The van der Waals surface area contributed by atoms with E-state index in [9.17, 15) is 31.5 Å². The van der Waals surface area contributed by atoms with Crippen molar-refractivity contribution in [1.82, 2.24) is 19.3 Å². The summed E-state index contributed by atoms with van der Waals surface area (Å²) in [6, 6.07) is 3.61. The van der Waals surface area contributed by atoms with Crippen LogP contribution in [0.15, 0.2) is 30.5 Å². The Labute approximate surface area is 207 Å². The number of esters is 1. The Morgan fingerprint density at radius 3 is 2.41 bits per heavy atom. The molecular formula is C24H23F5N4O4. The Kier molecular flexibility index (Phi) is 6.37. The molecule has 0 spiro atoms. The van der Waals surface area contributed by atoms with Crippen LogP contribution in [-0.4, -0.2) is 62.8 Å². The number of aromatic nitrogens is 3. The van der Waals surface area contributed by atoms with E-state index in [4.69, 9.17) is 9.47 Å². The smallest absolute Gasteiger partial charge is 0.459 e. The molecule has 0 saturated carbocycles. The van der Waals surface area contributed by atoms with Gasteiger partial charge < -0.3 is 14.4 Å². The van der Waals surface area contributed by atoms with Crippen molar-refractivity contribution >= 4 is 34.3 Å². The quantitative estimate of drug-likeness (QED) is 0.337. The lowest BCUT2D eigenvalue weighted by atomic mass is 10.0. The lowest BCUT2D eigenvalue weighted by Crippen LogP contribution is -2.35. The van der Waals surface area contributed by atoms with Gasteiger partial charge >= 0.3 is 24.2 Å². The molecule has 0 aliphatic carbocycles. The van der Waals surface area contributed by atoms with Crippen LogP contribution in [0.2, 0.25) is 0 Å². The summed E-state index contributed by atoms with van der Waals surface area (Å²) in [4.78, 5) is 33.7. The monoisotopic (exact) mass is 526 g/mol. The molecule has 1 amide bonds. The van der Waals surface area contributed by atoms with Crippen LogP contribution in [0.1, 0.15) is 49.4 Å². The minimum absolute atomic E-state index is 0.0308. The van der Waals surface area contributed by atoms with Crippen LogP contribution >= 0.6 is 0 Å². The van der Waals surface area contributed by atoms with Gasteiger partial charge in [-0.05, 0) is 57.0 Å². The van der Waals surface area contributed by atoms with Crippen molar-refractivity contribution in [2.24, 2.45) is 0 Å². The number of ether oxygens (including phenoxy) is 2. The normalized spacial score (nSPS) is 14.8. The van der Waals surface area contributed by atoms with E-state index in [1.807, 2.05) is 0 Å². The summed E-state index contributed by atoms with van der Waals surface area (Å²) in [6.07, 6.45) is -3.85. The van der Waals surface area contributed by atoms with Crippen molar-refractivity contribution in [2.75, 3.05) is 19.7 Å². The second kappa shape index (κ2) is 8.96. The molecule has 1 aliphatic rings. The van der Waals surface area contributed by atoms with Crippen LogP contribution in [0.3, 0.4) is 0 Å². The largest absolute Gasteiger partial charge is 0.461 e. The maximum Gasteiger partial charge on any atom is 0.459 e. The maximum absolute atomic E-state index is 14.5. The molecule has 1 aliphatic heterocycles. The molecule has 0 saturated heterocycles. The number of carbonyl (C=O) groups is 2. The number of hydrogen-bond donors (Lipinski definition) is 0. The first kappa shape index (κ1) is 26.3. The van der Waals surface area contributed by atoms with E-state index in [2.05, 4.69) is 9.97 Å². The van der Waals surface area contributed by atoms with E-state index in [1.165, 1.54) is 17.0 Å². The Morgan fingerprint density at radius 1 is 1.08 bits per heavy atom. The molecule has 198 valence electrons. The Bertz CT molecular complexity index is 1420. The van der Waals surface area contributed by atoms with Crippen LogP contribution in [-0.2, 0) is 15.4 Å². The molecule has 3 aromatic rings. The first-order valence-electron chi connectivity index (χ1n) is 11.2. The molecule has 0 bridgehead atoms. The van der Waals surface area contributed by atoms with E-state index < -0.39 is 35.5 Å². The zero-order chi connectivity index (χ0) is 27.3. The summed E-state index contributed by atoms with van der Waals surface area (Å²) >= 11 is 0. The highest BCUT2D eigenvalue weighted by Gasteiger charge is 2.60. The number of amides is 1. The van der Waals surface area contributed by atoms with Crippen molar-refractivity contribution in [1.29, 1.82) is 0 Å². The van der Waals surface area contributed by atoms with Gasteiger partial charge in [0.25, 0.3) is 0 Å². The molecule has 0 N–H and O–H groups in total. The molecule has 4 rings (SSSR count). The average Bonchev–Trinajstić information content (AvgIpc) is 3.44. The standard InChI is InChI=1S/C24H23F5N4O4/c1-5-36-20(34)16-12-33-18(30-16)7-6-14-15(10-17(31-19(14)33)23(25,26)24(27,28)29)13-8-9-32(11-13)21(35)37-22(2,3)4/h6-8,10,12H,5,9,11H2,1-4H3. The van der Waals surface area contributed by atoms with E-state index in [1.54, 1.807) is 33.8 Å². The third-order valence-corrected chi connectivity index (χ3v) is 5.48. The number of alkyl halides is 5. The van der Waals surface area contributed by atoms with Crippen LogP contribution in [0.5, 0.6) is 0 Å². The number of imidazole rings is 1. The van der Waals surface area contributed by atoms with Gasteiger partial charge in [0, 0.05) is 24.7 Å². The predicted molar refractivity (Wildman–Crippen MR) is 122 cm³/mol. The number of rotatable bonds is 4. The van der Waals surface area contributed by atoms with Crippen molar-refractivity contribution in [3.63, 3.8) is 0 Å². The van der Waals surface area contributed by atoms with Gasteiger partial charge in [0.2, 0.25) is 0 Å². The lowest BCUT2D eigenvalue weighted by molar-refractivity contribution is -0.290. The molecule has 4 heterocycles. The number of halogens is 5. The van der Waals surface area contributed by atoms with Crippen LogP contribution < -0.4 is 0 Å². The minimum atomic E-state index is -5.91.